The smallest absolute Gasteiger partial charge is 0.238 e. The molecular formula is C21H28N4O3. The standard InChI is InChI=1S/C21H28N4O3/c1-6-25(12-19-15(3)21(28-5)14(2)11-22-19)13-20(27)24-18-9-7-17(8-10-18)23-16(4)26/h7-11H,6,12-13H2,1-5H3,(H,23,26)(H,24,27). The summed E-state index contributed by atoms with van der Waals surface area (Å²) in [5, 5.41) is 5.58. The van der Waals surface area contributed by atoms with Crippen molar-refractivity contribution in [3.63, 3.8) is 0 Å². The molecule has 2 aromatic rings. The highest BCUT2D eigenvalue weighted by Crippen LogP contribution is 2.24. The Morgan fingerprint density at radius 3 is 2.25 bits per heavy atom. The minimum Gasteiger partial charge on any atom is -0.496 e. The lowest BCUT2D eigenvalue weighted by molar-refractivity contribution is -0.117. The van der Waals surface area contributed by atoms with Gasteiger partial charge in [-0.1, -0.05) is 6.92 Å². The molecule has 0 radical (unpaired) electrons. The van der Waals surface area contributed by atoms with Crippen molar-refractivity contribution < 1.29 is 14.3 Å². The van der Waals surface area contributed by atoms with Gasteiger partial charge in [0, 0.05) is 42.2 Å². The number of hydrogen-bond acceptors (Lipinski definition) is 5. The molecule has 1 heterocycles. The number of benzene rings is 1. The summed E-state index contributed by atoms with van der Waals surface area (Å²) < 4.78 is 5.46. The number of aromatic nitrogens is 1. The van der Waals surface area contributed by atoms with E-state index < -0.39 is 0 Å². The lowest BCUT2D eigenvalue weighted by Gasteiger charge is -2.21. The van der Waals surface area contributed by atoms with E-state index in [9.17, 15) is 9.59 Å². The number of rotatable bonds is 8. The summed E-state index contributed by atoms with van der Waals surface area (Å²) in [5.41, 5.74) is 4.26. The minimum atomic E-state index is -0.132. The number of methoxy groups -OCH3 is 1. The summed E-state index contributed by atoms with van der Waals surface area (Å²) >= 11 is 0. The summed E-state index contributed by atoms with van der Waals surface area (Å²) in [6.07, 6.45) is 1.80. The van der Waals surface area contributed by atoms with Gasteiger partial charge in [-0.2, -0.15) is 0 Å². The fraction of sp³-hybridized carbons (Fsp3) is 0.381. The fourth-order valence-electron chi connectivity index (χ4n) is 2.97. The number of anilines is 2. The van der Waals surface area contributed by atoms with Crippen LogP contribution in [-0.4, -0.2) is 41.9 Å². The Balaban J connectivity index is 1.99. The monoisotopic (exact) mass is 384 g/mol. The summed E-state index contributed by atoms with van der Waals surface area (Å²) in [7, 11) is 1.65. The molecular weight excluding hydrogens is 356 g/mol. The lowest BCUT2D eigenvalue weighted by atomic mass is 10.1. The first-order chi connectivity index (χ1) is 13.3. The minimum absolute atomic E-state index is 0.106. The largest absolute Gasteiger partial charge is 0.496 e. The van der Waals surface area contributed by atoms with Crippen LogP contribution in [0, 0.1) is 13.8 Å². The second-order valence-corrected chi connectivity index (χ2v) is 6.66. The van der Waals surface area contributed by atoms with Crippen LogP contribution in [0.15, 0.2) is 30.5 Å². The first-order valence-corrected chi connectivity index (χ1v) is 9.23. The van der Waals surface area contributed by atoms with Crippen LogP contribution in [0.25, 0.3) is 0 Å². The van der Waals surface area contributed by atoms with Crippen LogP contribution in [-0.2, 0) is 16.1 Å². The van der Waals surface area contributed by atoms with Crippen molar-refractivity contribution in [2.24, 2.45) is 0 Å². The molecule has 0 aliphatic carbocycles. The quantitative estimate of drug-likeness (QED) is 0.731. The van der Waals surface area contributed by atoms with Crippen molar-refractivity contribution >= 4 is 23.2 Å². The molecule has 1 aromatic heterocycles. The van der Waals surface area contributed by atoms with Gasteiger partial charge in [0.25, 0.3) is 0 Å². The van der Waals surface area contributed by atoms with Crippen molar-refractivity contribution in [3.8, 4) is 5.75 Å². The number of carbonyl (C=O) groups excluding carboxylic acids is 2. The Kier molecular flexibility index (Phi) is 7.52. The third-order valence-corrected chi connectivity index (χ3v) is 4.43. The maximum Gasteiger partial charge on any atom is 0.238 e. The number of nitrogens with one attached hydrogen (secondary N) is 2. The molecule has 2 rings (SSSR count). The maximum atomic E-state index is 12.4. The van der Waals surface area contributed by atoms with Gasteiger partial charge in [-0.25, -0.2) is 0 Å². The van der Waals surface area contributed by atoms with Gasteiger partial charge in [0.2, 0.25) is 11.8 Å². The molecule has 0 saturated carbocycles. The normalized spacial score (nSPS) is 10.6. The Labute approximate surface area is 166 Å². The third-order valence-electron chi connectivity index (χ3n) is 4.43. The van der Waals surface area contributed by atoms with Crippen molar-refractivity contribution in [2.45, 2.75) is 34.2 Å². The zero-order valence-electron chi connectivity index (χ0n) is 17.1. The second kappa shape index (κ2) is 9.85. The molecule has 0 aliphatic heterocycles. The highest BCUT2D eigenvalue weighted by Gasteiger charge is 2.15. The molecule has 2 N–H and O–H groups in total. The zero-order valence-corrected chi connectivity index (χ0v) is 17.1. The van der Waals surface area contributed by atoms with Crippen molar-refractivity contribution in [1.82, 2.24) is 9.88 Å². The van der Waals surface area contributed by atoms with Gasteiger partial charge in [-0.05, 0) is 44.7 Å². The van der Waals surface area contributed by atoms with Crippen LogP contribution in [0.3, 0.4) is 0 Å². The summed E-state index contributed by atoms with van der Waals surface area (Å²) in [4.78, 5) is 30.0. The number of ether oxygens (including phenoxy) is 1. The van der Waals surface area contributed by atoms with Crippen LogP contribution in [0.5, 0.6) is 5.75 Å². The van der Waals surface area contributed by atoms with Gasteiger partial charge >= 0.3 is 0 Å². The maximum absolute atomic E-state index is 12.4. The van der Waals surface area contributed by atoms with E-state index in [0.717, 1.165) is 22.6 Å². The van der Waals surface area contributed by atoms with Crippen molar-refractivity contribution in [2.75, 3.05) is 30.8 Å². The second-order valence-electron chi connectivity index (χ2n) is 6.66. The molecule has 150 valence electrons. The lowest BCUT2D eigenvalue weighted by Crippen LogP contribution is -2.33. The molecule has 1 aromatic carbocycles. The summed E-state index contributed by atoms with van der Waals surface area (Å²) in [6.45, 7) is 8.94. The van der Waals surface area contributed by atoms with Crippen molar-refractivity contribution in [1.29, 1.82) is 0 Å². The van der Waals surface area contributed by atoms with E-state index in [0.29, 0.717) is 24.5 Å². The van der Waals surface area contributed by atoms with E-state index in [-0.39, 0.29) is 18.4 Å². The average molecular weight is 384 g/mol. The van der Waals surface area contributed by atoms with E-state index >= 15 is 0 Å². The molecule has 0 aliphatic rings. The summed E-state index contributed by atoms with van der Waals surface area (Å²) in [6, 6.07) is 7.02. The molecule has 7 heteroatoms. The predicted octanol–water partition coefficient (Wildman–Crippen LogP) is 3.13. The molecule has 2 amide bonds. The average Bonchev–Trinajstić information content (AvgIpc) is 2.65. The number of likely N-dealkylation sites (N-methyl/N-ethyl adjacent to an activating group) is 1. The molecule has 0 atom stereocenters. The highest BCUT2D eigenvalue weighted by atomic mass is 16.5. The van der Waals surface area contributed by atoms with Crippen molar-refractivity contribution in [3.05, 3.63) is 47.3 Å². The number of aryl methyl sites for hydroxylation is 1. The molecule has 0 saturated heterocycles. The SMILES string of the molecule is CCN(CC(=O)Nc1ccc(NC(C)=O)cc1)Cc1ncc(C)c(OC)c1C. The van der Waals surface area contributed by atoms with Gasteiger partial charge in [0.15, 0.2) is 0 Å². The zero-order chi connectivity index (χ0) is 20.7. The van der Waals surface area contributed by atoms with Crippen LogP contribution < -0.4 is 15.4 Å². The number of pyridine rings is 1. The van der Waals surface area contributed by atoms with Gasteiger partial charge in [-0.15, -0.1) is 0 Å². The number of nitrogens with zero attached hydrogens (tertiary/aromatic N) is 2. The highest BCUT2D eigenvalue weighted by molar-refractivity contribution is 5.93. The van der Waals surface area contributed by atoms with E-state index in [4.69, 9.17) is 4.74 Å². The Morgan fingerprint density at radius 1 is 1.11 bits per heavy atom. The van der Waals surface area contributed by atoms with E-state index in [1.165, 1.54) is 6.92 Å². The van der Waals surface area contributed by atoms with E-state index in [2.05, 4.69) is 15.6 Å². The first kappa shape index (κ1) is 21.4. The molecule has 0 bridgehead atoms. The van der Waals surface area contributed by atoms with Gasteiger partial charge in [0.05, 0.1) is 19.3 Å². The summed E-state index contributed by atoms with van der Waals surface area (Å²) in [5.74, 6) is 0.600. The topological polar surface area (TPSA) is 83.6 Å². The molecule has 0 unspecified atom stereocenters. The molecule has 7 nitrogen and oxygen atoms in total. The first-order valence-electron chi connectivity index (χ1n) is 9.23. The Hall–Kier alpha value is -2.93. The number of carbonyl (C=O) groups is 2. The molecule has 0 fully saturated rings. The van der Waals surface area contributed by atoms with Crippen LogP contribution in [0.1, 0.15) is 30.7 Å². The van der Waals surface area contributed by atoms with Crippen LogP contribution in [0.4, 0.5) is 11.4 Å². The molecule has 0 spiro atoms. The van der Waals surface area contributed by atoms with Gasteiger partial charge in [-0.3, -0.25) is 19.5 Å². The van der Waals surface area contributed by atoms with Crippen LogP contribution >= 0.6 is 0 Å². The van der Waals surface area contributed by atoms with E-state index in [1.807, 2.05) is 25.7 Å². The fourth-order valence-corrected chi connectivity index (χ4v) is 2.97. The molecule has 28 heavy (non-hydrogen) atoms. The Morgan fingerprint density at radius 2 is 1.71 bits per heavy atom. The predicted molar refractivity (Wildman–Crippen MR) is 111 cm³/mol. The third kappa shape index (κ3) is 5.79. The number of hydrogen-bond donors (Lipinski definition) is 2. The number of amides is 2. The van der Waals surface area contributed by atoms with Gasteiger partial charge in [0.1, 0.15) is 5.75 Å². The van der Waals surface area contributed by atoms with E-state index in [1.54, 1.807) is 37.6 Å². The van der Waals surface area contributed by atoms with Crippen LogP contribution in [0.2, 0.25) is 0 Å². The Bertz CT molecular complexity index is 834. The van der Waals surface area contributed by atoms with Gasteiger partial charge < -0.3 is 15.4 Å².